The molecule has 9 aromatic rings. The van der Waals surface area contributed by atoms with Crippen molar-refractivity contribution in [1.82, 2.24) is 0 Å². The van der Waals surface area contributed by atoms with Gasteiger partial charge < -0.3 is 42.6 Å². The highest BCUT2D eigenvalue weighted by molar-refractivity contribution is 5.94. The largest absolute Gasteiger partial charge is 0.462 e. The summed E-state index contributed by atoms with van der Waals surface area (Å²) in [6, 6.07) is 50.1. The lowest BCUT2D eigenvalue weighted by Crippen LogP contribution is -2.11. The van der Waals surface area contributed by atoms with E-state index >= 15 is 4.39 Å². The maximum atomic E-state index is 15.6. The van der Waals surface area contributed by atoms with Crippen LogP contribution >= 0.6 is 0 Å². The fourth-order valence-electron chi connectivity index (χ4n) is 14.0. The molecule has 3 unspecified atom stereocenters. The Labute approximate surface area is 717 Å². The Morgan fingerprint density at radius 2 is 0.496 bits per heavy atom. The molecule has 12 rings (SSSR count). The van der Waals surface area contributed by atoms with E-state index in [9.17, 15) is 43.2 Å². The average molecular weight is 1660 g/mol. The van der Waals surface area contributed by atoms with E-state index < -0.39 is 47.6 Å². The molecule has 0 aromatic heterocycles. The topological polar surface area (TPSA) is 237 Å². The van der Waals surface area contributed by atoms with Crippen LogP contribution in [0.3, 0.4) is 0 Å². The summed E-state index contributed by atoms with van der Waals surface area (Å²) in [7, 11) is 0. The minimum Gasteiger partial charge on any atom is -0.462 e. The lowest BCUT2D eigenvalue weighted by atomic mass is 9.92. The second-order valence-electron chi connectivity index (χ2n) is 31.4. The van der Waals surface area contributed by atoms with Crippen molar-refractivity contribution in [3.8, 4) is 101 Å². The van der Waals surface area contributed by atoms with E-state index in [1.54, 1.807) is 84.9 Å². The van der Waals surface area contributed by atoms with Gasteiger partial charge in [0.05, 0.1) is 19.8 Å². The fraction of sp³-hybridized carbons (Fsp3) is 0.221. The lowest BCUT2D eigenvalue weighted by Gasteiger charge is -2.15. The van der Waals surface area contributed by atoms with Crippen LogP contribution in [0, 0.1) is 19.7 Å². The van der Waals surface area contributed by atoms with Crippen LogP contribution in [0.4, 0.5) is 4.39 Å². The van der Waals surface area contributed by atoms with E-state index in [1.165, 1.54) is 78.1 Å². The van der Waals surface area contributed by atoms with Crippen molar-refractivity contribution < 1.29 is 90.2 Å². The molecule has 0 heterocycles. The maximum absolute atomic E-state index is 15.6. The van der Waals surface area contributed by atoms with E-state index in [0.29, 0.717) is 46.6 Å². The SMILES string of the molecule is C=C(C)C(=O)OCC1CCc2ccc(-c3ccc(-c4cc(OC(=O)C(=C)C)cc(OC(=O)C(=C)C)c4)c(C)c3)cc21.C=C(C)C(=O)OCC1CCc2ccc(-c3ccc(-c4cc(OC(=O)C(=C)C)cc(OC(=O)C(=C)C)c4)c(F)c3)cc21.C=C(C)C(=O)OCC1CCc2ccc(-c3ccc(-c4cc(OC(=O)C(=C)C)cc(OC(=O)C(=C)C)c4)cc3C)cc21. The average Bonchev–Trinajstić information content (AvgIpc) is 1.76. The van der Waals surface area contributed by atoms with Crippen molar-refractivity contribution in [2.75, 3.05) is 19.8 Å². The Morgan fingerprint density at radius 1 is 0.268 bits per heavy atom. The molecule has 0 spiro atoms. The number of fused-ring (bicyclic) bond motifs is 3. The van der Waals surface area contributed by atoms with Crippen molar-refractivity contribution >= 4 is 53.7 Å². The quantitative estimate of drug-likeness (QED) is 0.0201. The normalized spacial score (nSPS) is 13.6. The zero-order chi connectivity index (χ0) is 89.5. The number of carbonyl (C=O) groups is 9. The monoisotopic (exact) mass is 1650 g/mol. The minimum absolute atomic E-state index is 0.0577. The number of aryl methyl sites for hydroxylation is 5. The summed E-state index contributed by atoms with van der Waals surface area (Å²) >= 11 is 0. The standard InChI is InChI=1S/2C35H34O6.C34H31FO6/c1-20(2)33(36)39-19-27-11-9-24-8-10-26(17-32(24)27)31-13-12-25(14-23(31)7)28-15-29(40-34(37)21(3)4)18-30(16-28)41-35(38)22(5)6;1-20(2)33(36)39-19-27-11-9-24-8-10-26(17-32(24)27)25-12-13-31(23(7)14-25)28-15-29(40-34(37)21(3)4)18-30(16-28)41-35(38)22(5)6;1-19(2)32(36)39-18-25-10-8-22-7-9-23(15-30(22)25)24-11-12-29(31(35)16-24)26-13-27(40-33(37)20(3)4)17-28(14-26)41-34(38)21(5)6/h2*8,10,12-18,27H,1,3,5,9,11,19H2,2,4,6-7H3;7,9,11-17,25H,1,3,5,8,10,18H2,2,4,6H3. The van der Waals surface area contributed by atoms with Gasteiger partial charge in [-0.05, 0) is 263 Å². The fourth-order valence-corrected chi connectivity index (χ4v) is 14.0. The molecule has 0 aliphatic heterocycles. The zero-order valence-corrected chi connectivity index (χ0v) is 71.3. The van der Waals surface area contributed by atoms with Crippen LogP contribution in [0.5, 0.6) is 34.5 Å². The first-order valence-corrected chi connectivity index (χ1v) is 39.9. The van der Waals surface area contributed by atoms with Crippen LogP contribution < -0.4 is 28.4 Å². The summed E-state index contributed by atoms with van der Waals surface area (Å²) in [5.74, 6) is -3.85. The van der Waals surface area contributed by atoms with Crippen LogP contribution in [0.2, 0.25) is 0 Å². The first-order chi connectivity index (χ1) is 58.3. The van der Waals surface area contributed by atoms with E-state index in [-0.39, 0.29) is 110 Å². The molecule has 630 valence electrons. The first kappa shape index (κ1) is 91.1. The Morgan fingerprint density at radius 3 is 0.780 bits per heavy atom. The molecule has 3 atom stereocenters. The number of esters is 9. The molecule has 18 nitrogen and oxygen atoms in total. The third kappa shape index (κ3) is 23.7. The molecule has 0 fully saturated rings. The highest BCUT2D eigenvalue weighted by atomic mass is 19.1. The molecule has 0 saturated heterocycles. The predicted octanol–water partition coefficient (Wildman–Crippen LogP) is 22.2. The second kappa shape index (κ2) is 40.2. The number of rotatable bonds is 27. The number of benzene rings is 9. The van der Waals surface area contributed by atoms with E-state index in [0.717, 1.165) is 99.7 Å². The summed E-state index contributed by atoms with van der Waals surface area (Å²) in [4.78, 5) is 109. The Bertz CT molecular complexity index is 5540. The molecule has 3 aliphatic carbocycles. The highest BCUT2D eigenvalue weighted by Crippen LogP contribution is 2.44. The zero-order valence-electron chi connectivity index (χ0n) is 71.3. The molecule has 0 radical (unpaired) electrons. The molecule has 9 aromatic carbocycles. The van der Waals surface area contributed by atoms with Crippen molar-refractivity contribution in [2.45, 2.75) is 132 Å². The van der Waals surface area contributed by atoms with Crippen LogP contribution in [0.1, 0.15) is 144 Å². The molecule has 0 N–H and O–H groups in total. The number of carbonyl (C=O) groups excluding carboxylic acids is 9. The van der Waals surface area contributed by atoms with Crippen molar-refractivity contribution in [1.29, 1.82) is 0 Å². The van der Waals surface area contributed by atoms with E-state index in [2.05, 4.69) is 102 Å². The van der Waals surface area contributed by atoms with Crippen molar-refractivity contribution in [2.24, 2.45) is 0 Å². The molecular formula is C104H99FO18. The van der Waals surface area contributed by atoms with Gasteiger partial charge in [0.1, 0.15) is 40.3 Å². The van der Waals surface area contributed by atoms with Crippen LogP contribution in [-0.2, 0) is 76.6 Å². The molecule has 0 saturated carbocycles. The molecule has 0 bridgehead atoms. The molecule has 123 heavy (non-hydrogen) atoms. The van der Waals surface area contributed by atoms with Gasteiger partial charge >= 0.3 is 53.7 Å². The smallest absolute Gasteiger partial charge is 0.338 e. The third-order valence-corrected chi connectivity index (χ3v) is 20.7. The first-order valence-electron chi connectivity index (χ1n) is 39.9. The predicted molar refractivity (Wildman–Crippen MR) is 475 cm³/mol. The molecule has 0 amide bonds. The second-order valence-corrected chi connectivity index (χ2v) is 31.4. The van der Waals surface area contributed by atoms with Gasteiger partial charge in [-0.2, -0.15) is 0 Å². The number of hydrogen-bond donors (Lipinski definition) is 0. The highest BCUT2D eigenvalue weighted by Gasteiger charge is 2.30. The number of halogens is 1. The van der Waals surface area contributed by atoms with E-state index in [4.69, 9.17) is 42.6 Å². The number of ether oxygens (including phenoxy) is 9. The molecule has 19 heteroatoms. The molecular weight excluding hydrogens is 1560 g/mol. The minimum atomic E-state index is -0.667. The lowest BCUT2D eigenvalue weighted by molar-refractivity contribution is -0.140. The van der Waals surface area contributed by atoms with Crippen LogP contribution in [0.25, 0.3) is 66.8 Å². The summed E-state index contributed by atoms with van der Waals surface area (Å²) in [6.45, 7) is 51.7. The maximum Gasteiger partial charge on any atom is 0.338 e. The van der Waals surface area contributed by atoms with Gasteiger partial charge in [-0.3, -0.25) is 0 Å². The van der Waals surface area contributed by atoms with Gasteiger partial charge in [-0.1, -0.05) is 162 Å². The Hall–Kier alpha value is -14.2. The van der Waals surface area contributed by atoms with Crippen molar-refractivity contribution in [3.63, 3.8) is 0 Å². The number of hydrogen-bond acceptors (Lipinski definition) is 18. The van der Waals surface area contributed by atoms with Crippen LogP contribution in [0.15, 0.2) is 273 Å². The summed E-state index contributed by atoms with van der Waals surface area (Å²) in [5, 5.41) is 0. The van der Waals surface area contributed by atoms with Crippen LogP contribution in [-0.4, -0.2) is 73.5 Å². The van der Waals surface area contributed by atoms with Crippen molar-refractivity contribution in [3.05, 3.63) is 323 Å². The third-order valence-electron chi connectivity index (χ3n) is 20.7. The summed E-state index contributed by atoms with van der Waals surface area (Å²) in [5.41, 5.74) is 21.2. The van der Waals surface area contributed by atoms with Gasteiger partial charge in [0.2, 0.25) is 0 Å². The van der Waals surface area contributed by atoms with Gasteiger partial charge in [0.25, 0.3) is 0 Å². The van der Waals surface area contributed by atoms with E-state index in [1.807, 2.05) is 62.4 Å². The molecule has 3 aliphatic rings. The van der Waals surface area contributed by atoms with Gasteiger partial charge in [-0.25, -0.2) is 47.5 Å². The Kier molecular flexibility index (Phi) is 29.8. The van der Waals surface area contributed by atoms with Gasteiger partial charge in [0.15, 0.2) is 0 Å². The summed E-state index contributed by atoms with van der Waals surface area (Å²) in [6.07, 6.45) is 5.51. The van der Waals surface area contributed by atoms with Gasteiger partial charge in [0, 0.05) is 91.7 Å². The summed E-state index contributed by atoms with van der Waals surface area (Å²) < 4.78 is 64.4. The Balaban J connectivity index is 0.000000193. The van der Waals surface area contributed by atoms with Gasteiger partial charge in [-0.15, -0.1) is 0 Å².